The number of nitrogens with one attached hydrogen (secondary N) is 1. The molecule has 0 bridgehead atoms. The van der Waals surface area contributed by atoms with Gasteiger partial charge in [0.05, 0.1) is 6.20 Å². The molecule has 3 aromatic rings. The fourth-order valence-corrected chi connectivity index (χ4v) is 2.04. The second-order valence-corrected chi connectivity index (χ2v) is 4.79. The molecular weight excluding hydrogens is 260 g/mol. The molecule has 1 fully saturated rings. The van der Waals surface area contributed by atoms with Crippen molar-refractivity contribution in [2.45, 2.75) is 5.92 Å². The summed E-state index contributed by atoms with van der Waals surface area (Å²) in [5.41, 5.74) is 1.57. The monoisotopic (exact) mass is 272 g/mol. The Morgan fingerprint density at radius 3 is 2.90 bits per heavy atom. The van der Waals surface area contributed by atoms with Crippen molar-refractivity contribution in [3.05, 3.63) is 24.3 Å². The molecule has 0 atom stereocenters. The molecule has 3 aromatic heterocycles. The SMILES string of the molecule is Cn1cc(-c2cc(-c3nc(C4CNC4)no3)on2)cn1. The Morgan fingerprint density at radius 1 is 1.30 bits per heavy atom. The van der Waals surface area contributed by atoms with Crippen LogP contribution in [0.3, 0.4) is 0 Å². The van der Waals surface area contributed by atoms with Crippen molar-refractivity contribution in [3.8, 4) is 22.9 Å². The summed E-state index contributed by atoms with van der Waals surface area (Å²) in [5, 5.41) is 15.2. The molecule has 0 radical (unpaired) electrons. The van der Waals surface area contributed by atoms with E-state index in [0.29, 0.717) is 29.1 Å². The first-order valence-corrected chi connectivity index (χ1v) is 6.30. The van der Waals surface area contributed by atoms with Crippen LogP contribution in [0, 0.1) is 0 Å². The highest BCUT2D eigenvalue weighted by Gasteiger charge is 2.25. The molecule has 4 rings (SSSR count). The van der Waals surface area contributed by atoms with Crippen LogP contribution in [0.15, 0.2) is 27.5 Å². The molecule has 0 unspecified atom stereocenters. The van der Waals surface area contributed by atoms with Crippen LogP contribution in [0.1, 0.15) is 11.7 Å². The van der Waals surface area contributed by atoms with Crippen LogP contribution in [-0.4, -0.2) is 38.2 Å². The molecule has 0 spiro atoms. The first-order valence-electron chi connectivity index (χ1n) is 6.30. The Morgan fingerprint density at radius 2 is 2.20 bits per heavy atom. The zero-order valence-electron chi connectivity index (χ0n) is 10.8. The van der Waals surface area contributed by atoms with Gasteiger partial charge < -0.3 is 14.4 Å². The molecule has 102 valence electrons. The van der Waals surface area contributed by atoms with Crippen molar-refractivity contribution >= 4 is 0 Å². The van der Waals surface area contributed by atoms with E-state index in [9.17, 15) is 0 Å². The molecule has 20 heavy (non-hydrogen) atoms. The van der Waals surface area contributed by atoms with Gasteiger partial charge in [0.2, 0.25) is 5.76 Å². The summed E-state index contributed by atoms with van der Waals surface area (Å²) in [5.74, 6) is 1.86. The maximum Gasteiger partial charge on any atom is 0.296 e. The molecule has 0 aromatic carbocycles. The van der Waals surface area contributed by atoms with Gasteiger partial charge >= 0.3 is 0 Å². The van der Waals surface area contributed by atoms with E-state index in [1.807, 2.05) is 13.2 Å². The Bertz CT molecular complexity index is 739. The van der Waals surface area contributed by atoms with Gasteiger partial charge in [-0.2, -0.15) is 10.1 Å². The van der Waals surface area contributed by atoms with Crippen LogP contribution in [0.2, 0.25) is 0 Å². The molecule has 1 aliphatic rings. The normalized spacial score (nSPS) is 15.4. The zero-order valence-corrected chi connectivity index (χ0v) is 10.8. The molecule has 8 nitrogen and oxygen atoms in total. The van der Waals surface area contributed by atoms with Crippen molar-refractivity contribution < 1.29 is 9.05 Å². The van der Waals surface area contributed by atoms with Crippen molar-refractivity contribution in [2.24, 2.45) is 7.05 Å². The summed E-state index contributed by atoms with van der Waals surface area (Å²) in [6.45, 7) is 1.77. The quantitative estimate of drug-likeness (QED) is 0.753. The minimum Gasteiger partial charge on any atom is -0.350 e. The number of hydrogen-bond acceptors (Lipinski definition) is 7. The minimum atomic E-state index is 0.327. The fraction of sp³-hybridized carbons (Fsp3) is 0.333. The highest BCUT2D eigenvalue weighted by atomic mass is 16.5. The Balaban J connectivity index is 1.62. The van der Waals surface area contributed by atoms with E-state index >= 15 is 0 Å². The van der Waals surface area contributed by atoms with Crippen LogP contribution in [0.5, 0.6) is 0 Å². The molecule has 1 aliphatic heterocycles. The standard InChI is InChI=1S/C12H12N6O2/c1-18-6-8(5-14-18)9-2-10(19-16-9)12-15-11(17-20-12)7-3-13-4-7/h2,5-7,13H,3-4H2,1H3. The van der Waals surface area contributed by atoms with Gasteiger partial charge in [0.15, 0.2) is 5.82 Å². The van der Waals surface area contributed by atoms with Gasteiger partial charge in [0.1, 0.15) is 5.69 Å². The van der Waals surface area contributed by atoms with Crippen molar-refractivity contribution in [2.75, 3.05) is 13.1 Å². The van der Waals surface area contributed by atoms with E-state index in [0.717, 1.165) is 18.7 Å². The van der Waals surface area contributed by atoms with E-state index in [1.54, 1.807) is 16.9 Å². The fourth-order valence-electron chi connectivity index (χ4n) is 2.04. The molecule has 0 saturated carbocycles. The average molecular weight is 272 g/mol. The second kappa shape index (κ2) is 4.27. The smallest absolute Gasteiger partial charge is 0.296 e. The average Bonchev–Trinajstić information content (AvgIpc) is 3.04. The van der Waals surface area contributed by atoms with Gasteiger partial charge in [-0.15, -0.1) is 0 Å². The third-order valence-electron chi connectivity index (χ3n) is 3.31. The molecule has 1 saturated heterocycles. The number of hydrogen-bond donors (Lipinski definition) is 1. The molecule has 0 amide bonds. The van der Waals surface area contributed by atoms with Gasteiger partial charge in [-0.05, 0) is 0 Å². The number of nitrogens with zero attached hydrogens (tertiary/aromatic N) is 5. The van der Waals surface area contributed by atoms with Crippen molar-refractivity contribution in [1.82, 2.24) is 30.4 Å². The molecule has 8 heteroatoms. The summed E-state index contributed by atoms with van der Waals surface area (Å²) in [7, 11) is 1.85. The van der Waals surface area contributed by atoms with E-state index in [4.69, 9.17) is 9.05 Å². The van der Waals surface area contributed by atoms with E-state index in [1.165, 1.54) is 0 Å². The lowest BCUT2D eigenvalue weighted by molar-refractivity contribution is 0.367. The maximum absolute atomic E-state index is 5.26. The maximum atomic E-state index is 5.26. The summed E-state index contributed by atoms with van der Waals surface area (Å²) in [6, 6.07) is 1.77. The van der Waals surface area contributed by atoms with Gasteiger partial charge in [0.25, 0.3) is 5.89 Å². The first kappa shape index (κ1) is 11.4. The summed E-state index contributed by atoms with van der Waals surface area (Å²) in [4.78, 5) is 4.34. The lowest BCUT2D eigenvalue weighted by Gasteiger charge is -2.23. The van der Waals surface area contributed by atoms with Crippen LogP contribution < -0.4 is 5.32 Å². The zero-order chi connectivity index (χ0) is 13.5. The Labute approximate surface area is 113 Å². The van der Waals surface area contributed by atoms with Crippen LogP contribution in [-0.2, 0) is 7.05 Å². The van der Waals surface area contributed by atoms with E-state index in [-0.39, 0.29) is 0 Å². The number of rotatable bonds is 3. The summed E-state index contributed by atoms with van der Waals surface area (Å²) in [6.07, 6.45) is 3.59. The third-order valence-corrected chi connectivity index (χ3v) is 3.31. The first-order chi connectivity index (χ1) is 9.79. The highest BCUT2D eigenvalue weighted by Crippen LogP contribution is 2.26. The topological polar surface area (TPSA) is 94.8 Å². The lowest BCUT2D eigenvalue weighted by atomic mass is 10.0. The van der Waals surface area contributed by atoms with Crippen LogP contribution >= 0.6 is 0 Å². The van der Waals surface area contributed by atoms with Crippen LogP contribution in [0.25, 0.3) is 22.9 Å². The summed E-state index contributed by atoms with van der Waals surface area (Å²) < 4.78 is 12.2. The van der Waals surface area contributed by atoms with Crippen LogP contribution in [0.4, 0.5) is 0 Å². The molecule has 4 heterocycles. The van der Waals surface area contributed by atoms with Gasteiger partial charge in [-0.1, -0.05) is 10.3 Å². The van der Waals surface area contributed by atoms with Gasteiger partial charge in [-0.3, -0.25) is 4.68 Å². The largest absolute Gasteiger partial charge is 0.350 e. The minimum absolute atomic E-state index is 0.327. The van der Waals surface area contributed by atoms with Crippen molar-refractivity contribution in [3.63, 3.8) is 0 Å². The predicted octanol–water partition coefficient (Wildman–Crippen LogP) is 0.812. The van der Waals surface area contributed by atoms with Crippen molar-refractivity contribution in [1.29, 1.82) is 0 Å². The predicted molar refractivity (Wildman–Crippen MR) is 67.6 cm³/mol. The third kappa shape index (κ3) is 1.81. The van der Waals surface area contributed by atoms with Gasteiger partial charge in [0, 0.05) is 43.9 Å². The van der Waals surface area contributed by atoms with Gasteiger partial charge in [-0.25, -0.2) is 0 Å². The Hall–Kier alpha value is -2.48. The number of aryl methyl sites for hydroxylation is 1. The number of aromatic nitrogens is 5. The highest BCUT2D eigenvalue weighted by molar-refractivity contribution is 5.61. The molecule has 1 N–H and O–H groups in total. The Kier molecular flexibility index (Phi) is 2.43. The lowest BCUT2D eigenvalue weighted by Crippen LogP contribution is -2.40. The second-order valence-electron chi connectivity index (χ2n) is 4.79. The summed E-state index contributed by atoms with van der Waals surface area (Å²) >= 11 is 0. The van der Waals surface area contributed by atoms with E-state index < -0.39 is 0 Å². The molecular formula is C12H12N6O2. The molecule has 0 aliphatic carbocycles. The van der Waals surface area contributed by atoms with E-state index in [2.05, 4.69) is 25.7 Å².